The normalized spacial score (nSPS) is 27.2. The Morgan fingerprint density at radius 3 is 2.50 bits per heavy atom. The minimum atomic E-state index is 0.125. The van der Waals surface area contributed by atoms with Crippen LogP contribution in [0.5, 0.6) is 5.75 Å². The van der Waals surface area contributed by atoms with Gasteiger partial charge in [0.25, 0.3) is 0 Å². The van der Waals surface area contributed by atoms with Gasteiger partial charge in [-0.25, -0.2) is 0 Å². The lowest BCUT2D eigenvalue weighted by molar-refractivity contribution is 0.0914. The van der Waals surface area contributed by atoms with Crippen LogP contribution in [-0.4, -0.2) is 24.5 Å². The fraction of sp³-hybridized carbons (Fsp3) is 0.533. The van der Waals surface area contributed by atoms with Crippen molar-refractivity contribution in [2.45, 2.75) is 38.3 Å². The van der Waals surface area contributed by atoms with Crippen molar-refractivity contribution < 1.29 is 9.53 Å². The number of Topliss-reactive ketones (excluding diaryl/α,β-unsaturated/α-hetero) is 1. The molecule has 2 atom stereocenters. The first-order valence-corrected chi connectivity index (χ1v) is 6.78. The predicted octanol–water partition coefficient (Wildman–Crippen LogP) is 2.41. The summed E-state index contributed by atoms with van der Waals surface area (Å²) in [4.78, 5) is 12.3. The molecule has 2 aliphatic rings. The predicted molar refractivity (Wildman–Crippen MR) is 70.0 cm³/mol. The van der Waals surface area contributed by atoms with Crippen molar-refractivity contribution in [1.82, 2.24) is 5.32 Å². The van der Waals surface area contributed by atoms with Crippen LogP contribution in [0.15, 0.2) is 24.3 Å². The van der Waals surface area contributed by atoms with E-state index in [-0.39, 0.29) is 11.7 Å². The molecule has 1 aromatic rings. The van der Waals surface area contributed by atoms with Crippen LogP contribution >= 0.6 is 0 Å². The van der Waals surface area contributed by atoms with E-state index in [1.807, 2.05) is 24.3 Å². The molecule has 96 valence electrons. The zero-order valence-electron chi connectivity index (χ0n) is 10.7. The Kier molecular flexibility index (Phi) is 3.08. The maximum Gasteiger partial charge on any atom is 0.167 e. The molecule has 3 rings (SSSR count). The Morgan fingerprint density at radius 2 is 1.94 bits per heavy atom. The Labute approximate surface area is 108 Å². The van der Waals surface area contributed by atoms with E-state index in [9.17, 15) is 4.79 Å². The Morgan fingerprint density at radius 1 is 1.22 bits per heavy atom. The second-order valence-electron chi connectivity index (χ2n) is 5.34. The number of hydrogen-bond acceptors (Lipinski definition) is 3. The Hall–Kier alpha value is -1.35. The first-order valence-electron chi connectivity index (χ1n) is 6.78. The summed E-state index contributed by atoms with van der Waals surface area (Å²) in [6, 6.07) is 7.91. The fourth-order valence-electron chi connectivity index (χ4n) is 2.51. The van der Waals surface area contributed by atoms with Crippen molar-refractivity contribution in [3.05, 3.63) is 29.8 Å². The third-order valence-electron chi connectivity index (χ3n) is 3.83. The summed E-state index contributed by atoms with van der Waals surface area (Å²) >= 11 is 0. The number of ether oxygens (including phenoxy) is 1. The summed E-state index contributed by atoms with van der Waals surface area (Å²) in [5.41, 5.74) is 0.804. The molecule has 0 radical (unpaired) electrons. The molecule has 1 aromatic carbocycles. The molecule has 2 fully saturated rings. The molecule has 0 aromatic heterocycles. The van der Waals surface area contributed by atoms with Gasteiger partial charge >= 0.3 is 0 Å². The van der Waals surface area contributed by atoms with Crippen LogP contribution < -0.4 is 10.1 Å². The number of nitrogens with one attached hydrogen (secondary N) is 1. The van der Waals surface area contributed by atoms with Gasteiger partial charge in [-0.05, 0) is 57.0 Å². The molecule has 18 heavy (non-hydrogen) atoms. The van der Waals surface area contributed by atoms with Gasteiger partial charge in [-0.15, -0.1) is 0 Å². The largest absolute Gasteiger partial charge is 0.490 e. The Bertz CT molecular complexity index is 436. The summed E-state index contributed by atoms with van der Waals surface area (Å²) in [5.74, 6) is 1.26. The van der Waals surface area contributed by atoms with E-state index >= 15 is 0 Å². The van der Waals surface area contributed by atoms with Gasteiger partial charge in [0, 0.05) is 17.5 Å². The van der Waals surface area contributed by atoms with E-state index in [0.29, 0.717) is 12.1 Å². The number of carbonyl (C=O) groups is 1. The lowest BCUT2D eigenvalue weighted by Crippen LogP contribution is -2.28. The number of hydrogen-bond donors (Lipinski definition) is 1. The van der Waals surface area contributed by atoms with Gasteiger partial charge in [0.15, 0.2) is 5.78 Å². The monoisotopic (exact) mass is 245 g/mol. The molecule has 3 heteroatoms. The summed E-state index contributed by atoms with van der Waals surface area (Å²) < 4.78 is 5.68. The summed E-state index contributed by atoms with van der Waals surface area (Å²) in [6.45, 7) is 3.03. The topological polar surface area (TPSA) is 38.3 Å². The second kappa shape index (κ2) is 4.73. The zero-order chi connectivity index (χ0) is 12.5. The van der Waals surface area contributed by atoms with E-state index in [2.05, 4.69) is 12.2 Å². The first kappa shape index (κ1) is 11.7. The van der Waals surface area contributed by atoms with Crippen molar-refractivity contribution in [2.24, 2.45) is 5.92 Å². The van der Waals surface area contributed by atoms with Crippen LogP contribution in [0.3, 0.4) is 0 Å². The lowest BCUT2D eigenvalue weighted by atomic mass is 9.92. The van der Waals surface area contributed by atoms with E-state index in [0.717, 1.165) is 37.1 Å². The van der Waals surface area contributed by atoms with Gasteiger partial charge in [-0.1, -0.05) is 0 Å². The molecule has 1 aliphatic heterocycles. The molecule has 1 aliphatic carbocycles. The van der Waals surface area contributed by atoms with Gasteiger partial charge in [-0.3, -0.25) is 4.79 Å². The number of carbonyl (C=O) groups excluding carboxylic acids is 1. The molecular weight excluding hydrogens is 226 g/mol. The van der Waals surface area contributed by atoms with Gasteiger partial charge in [-0.2, -0.15) is 0 Å². The third kappa shape index (κ3) is 2.41. The highest BCUT2D eigenvalue weighted by Crippen LogP contribution is 2.27. The van der Waals surface area contributed by atoms with Crippen molar-refractivity contribution >= 4 is 5.78 Å². The van der Waals surface area contributed by atoms with Crippen molar-refractivity contribution in [3.63, 3.8) is 0 Å². The number of benzene rings is 1. The van der Waals surface area contributed by atoms with E-state index in [1.54, 1.807) is 0 Å². The van der Waals surface area contributed by atoms with Crippen molar-refractivity contribution in [2.75, 3.05) is 6.54 Å². The summed E-state index contributed by atoms with van der Waals surface area (Å²) in [6.07, 6.45) is 3.67. The molecule has 1 saturated heterocycles. The smallest absolute Gasteiger partial charge is 0.167 e. The minimum absolute atomic E-state index is 0.125. The fourth-order valence-corrected chi connectivity index (χ4v) is 2.51. The average molecular weight is 245 g/mol. The van der Waals surface area contributed by atoms with Crippen LogP contribution in [0.4, 0.5) is 0 Å². The minimum Gasteiger partial charge on any atom is -0.490 e. The van der Waals surface area contributed by atoms with Crippen molar-refractivity contribution in [3.8, 4) is 5.75 Å². The molecule has 1 N–H and O–H groups in total. The SMILES string of the molecule is CC1NCCC1C(=O)c1ccc(OC2CC2)cc1. The molecule has 0 amide bonds. The van der Waals surface area contributed by atoms with Gasteiger partial charge in [0.2, 0.25) is 0 Å². The molecule has 2 unspecified atom stereocenters. The van der Waals surface area contributed by atoms with E-state index in [4.69, 9.17) is 4.74 Å². The quantitative estimate of drug-likeness (QED) is 0.828. The molecule has 1 heterocycles. The van der Waals surface area contributed by atoms with Crippen LogP contribution in [0.1, 0.15) is 36.5 Å². The van der Waals surface area contributed by atoms with E-state index < -0.39 is 0 Å². The van der Waals surface area contributed by atoms with Gasteiger partial charge < -0.3 is 10.1 Å². The maximum absolute atomic E-state index is 12.3. The lowest BCUT2D eigenvalue weighted by Gasteiger charge is -2.14. The highest BCUT2D eigenvalue weighted by atomic mass is 16.5. The maximum atomic E-state index is 12.3. The Balaban J connectivity index is 1.69. The van der Waals surface area contributed by atoms with Gasteiger partial charge in [0.05, 0.1) is 6.10 Å². The van der Waals surface area contributed by atoms with Crippen molar-refractivity contribution in [1.29, 1.82) is 0 Å². The number of ketones is 1. The molecule has 1 saturated carbocycles. The van der Waals surface area contributed by atoms with Crippen LogP contribution in [0.25, 0.3) is 0 Å². The highest BCUT2D eigenvalue weighted by molar-refractivity contribution is 5.98. The highest BCUT2D eigenvalue weighted by Gasteiger charge is 2.30. The second-order valence-corrected chi connectivity index (χ2v) is 5.34. The average Bonchev–Trinajstić information content (AvgIpc) is 3.09. The summed E-state index contributed by atoms with van der Waals surface area (Å²) in [7, 11) is 0. The van der Waals surface area contributed by atoms with Crippen LogP contribution in [0.2, 0.25) is 0 Å². The summed E-state index contributed by atoms with van der Waals surface area (Å²) in [5, 5.41) is 3.32. The van der Waals surface area contributed by atoms with E-state index in [1.165, 1.54) is 0 Å². The molecule has 0 bridgehead atoms. The number of rotatable bonds is 4. The molecular formula is C15H19NO2. The van der Waals surface area contributed by atoms with Crippen LogP contribution in [0, 0.1) is 5.92 Å². The first-order chi connectivity index (χ1) is 8.74. The van der Waals surface area contributed by atoms with Gasteiger partial charge in [0.1, 0.15) is 5.75 Å². The standard InChI is InChI=1S/C15H19NO2/c1-10-14(8-9-16-10)15(17)11-2-4-12(5-3-11)18-13-6-7-13/h2-5,10,13-14,16H,6-9H2,1H3. The molecule has 0 spiro atoms. The molecule has 3 nitrogen and oxygen atoms in total. The van der Waals surface area contributed by atoms with Crippen LogP contribution in [-0.2, 0) is 0 Å². The third-order valence-corrected chi connectivity index (χ3v) is 3.83. The zero-order valence-corrected chi connectivity index (χ0v) is 10.7.